The summed E-state index contributed by atoms with van der Waals surface area (Å²) in [5, 5.41) is -7.04. The van der Waals surface area contributed by atoms with E-state index < -0.39 is 54.3 Å². The fourth-order valence-corrected chi connectivity index (χ4v) is 4.44. The molecule has 0 amide bonds. The van der Waals surface area contributed by atoms with Crippen molar-refractivity contribution in [2.24, 2.45) is 0 Å². The fraction of sp³-hybridized carbons (Fsp3) is 1.00. The number of rotatable bonds is 9. The average Bonchev–Trinajstić information content (AvgIpc) is 2.36. The summed E-state index contributed by atoms with van der Waals surface area (Å²) in [5.41, 5.74) is 0. The maximum Gasteiger partial charge on any atom is 0.460 e. The zero-order valence-electron chi connectivity index (χ0n) is 12.2. The molecule has 1 N–H and O–H groups in total. The van der Waals surface area contributed by atoms with E-state index in [0.717, 1.165) is 13.8 Å². The lowest BCUT2D eigenvalue weighted by Crippen LogP contribution is -2.64. The highest BCUT2D eigenvalue weighted by Gasteiger charge is 2.85. The number of hydrogen-bond acceptors (Lipinski definition) is 5. The summed E-state index contributed by atoms with van der Waals surface area (Å²) in [6, 6.07) is 0. The van der Waals surface area contributed by atoms with E-state index >= 15 is 0 Å². The molecule has 0 unspecified atom stereocenters. The van der Waals surface area contributed by atoms with E-state index in [-0.39, 0.29) is 0 Å². The monoisotopic (exact) mass is 435 g/mol. The highest BCUT2D eigenvalue weighted by molar-refractivity contribution is 7.95. The Kier molecular flexibility index (Phi) is 7.05. The molecular weight excluding hydrogens is 424 g/mol. The molecule has 0 aromatic carbocycles. The quantitative estimate of drug-likeness (QED) is 0.443. The van der Waals surface area contributed by atoms with Crippen LogP contribution in [0.4, 0.5) is 39.5 Å². The second-order valence-corrected chi connectivity index (χ2v) is 7.85. The van der Waals surface area contributed by atoms with Crippen LogP contribution in [0, 0.1) is 0 Å². The van der Waals surface area contributed by atoms with Crippen molar-refractivity contribution in [2.45, 2.75) is 37.1 Å². The van der Waals surface area contributed by atoms with Crippen LogP contribution in [0.5, 0.6) is 0 Å². The summed E-state index contributed by atoms with van der Waals surface area (Å²) in [6.07, 6.45) is -7.21. The minimum absolute atomic E-state index is 0.294. The second kappa shape index (κ2) is 7.21. The summed E-state index contributed by atoms with van der Waals surface area (Å²) in [7, 11) is -12.4. The van der Waals surface area contributed by atoms with Gasteiger partial charge in [-0.05, 0) is 13.8 Å². The van der Waals surface area contributed by atoms with Gasteiger partial charge in [0.25, 0.3) is 10.0 Å². The van der Waals surface area contributed by atoms with Crippen LogP contribution in [-0.4, -0.2) is 44.9 Å². The molecule has 0 aliphatic heterocycles. The Morgan fingerprint density at radius 2 is 1.20 bits per heavy atom. The van der Waals surface area contributed by atoms with Gasteiger partial charge < -0.3 is 0 Å². The van der Waals surface area contributed by atoms with Gasteiger partial charge in [0.1, 0.15) is 0 Å². The van der Waals surface area contributed by atoms with Gasteiger partial charge >= 0.3 is 31.0 Å². The Morgan fingerprint density at radius 3 is 1.48 bits per heavy atom. The van der Waals surface area contributed by atoms with E-state index in [1.54, 1.807) is 0 Å². The first-order valence-electron chi connectivity index (χ1n) is 5.96. The molecule has 0 radical (unpaired) electrons. The predicted molar refractivity (Wildman–Crippen MR) is 63.8 cm³/mol. The average molecular weight is 435 g/mol. The van der Waals surface area contributed by atoms with Crippen molar-refractivity contribution in [1.82, 2.24) is 4.49 Å². The second-order valence-electron chi connectivity index (χ2n) is 4.09. The molecule has 0 saturated heterocycles. The summed E-state index contributed by atoms with van der Waals surface area (Å²) >= 11 is 0. The summed E-state index contributed by atoms with van der Waals surface area (Å²) in [5.74, 6) is -14.9. The van der Waals surface area contributed by atoms with Gasteiger partial charge in [0.2, 0.25) is 0 Å². The van der Waals surface area contributed by atoms with Crippen molar-refractivity contribution in [3.8, 4) is 0 Å². The van der Waals surface area contributed by atoms with Crippen LogP contribution in [-0.2, 0) is 23.6 Å². The Morgan fingerprint density at radius 1 is 0.840 bits per heavy atom. The molecule has 0 saturated carbocycles. The minimum Gasteiger partial charge on any atom is -0.296 e. The highest BCUT2D eigenvalue weighted by atomic mass is 32.2. The van der Waals surface area contributed by atoms with E-state index in [1.807, 2.05) is 0 Å². The molecule has 0 fully saturated rings. The van der Waals surface area contributed by atoms with Crippen LogP contribution < -0.4 is 4.49 Å². The maximum absolute atomic E-state index is 13.4. The third-order valence-corrected chi connectivity index (χ3v) is 6.27. The van der Waals surface area contributed by atoms with E-state index in [9.17, 15) is 52.5 Å². The molecule has 0 aliphatic rings. The van der Waals surface area contributed by atoms with E-state index in [2.05, 4.69) is 9.05 Å². The van der Waals surface area contributed by atoms with Gasteiger partial charge in [0, 0.05) is 0 Å². The first-order valence-corrected chi connectivity index (χ1v) is 8.98. The van der Waals surface area contributed by atoms with Gasteiger partial charge in [-0.3, -0.25) is 9.05 Å². The van der Waals surface area contributed by atoms with Gasteiger partial charge in [-0.25, -0.2) is 13.0 Å². The largest absolute Gasteiger partial charge is 0.460 e. The van der Waals surface area contributed by atoms with E-state index in [1.165, 1.54) is 0 Å². The molecule has 25 heavy (non-hydrogen) atoms. The third kappa shape index (κ3) is 4.40. The number of sulfonamides is 1. The fourth-order valence-electron chi connectivity index (χ4n) is 1.16. The van der Waals surface area contributed by atoms with Crippen LogP contribution >= 0.6 is 7.75 Å². The summed E-state index contributed by atoms with van der Waals surface area (Å²) in [6.45, 7) is 0.704. The number of halogens is 9. The van der Waals surface area contributed by atoms with Gasteiger partial charge in [0.15, 0.2) is 0 Å². The highest BCUT2D eigenvalue weighted by Crippen LogP contribution is 2.56. The molecular formula is C8H11F9NO5PS. The third-order valence-electron chi connectivity index (χ3n) is 2.28. The van der Waals surface area contributed by atoms with Crippen molar-refractivity contribution < 1.29 is 61.5 Å². The first-order chi connectivity index (χ1) is 10.8. The number of hydrogen-bond donors (Lipinski definition) is 1. The standard InChI is InChI=1S/C8H11F9NO5PS/c1-3-22-24(19,23-4-2)18-25(20,21)8(16,17)6(11,12)5(9,10)7(13,14)15/h3-4H2,1-2H3,(H,18,19). The molecule has 0 spiro atoms. The first kappa shape index (κ1) is 24.4. The molecule has 0 bridgehead atoms. The molecule has 0 heterocycles. The zero-order valence-corrected chi connectivity index (χ0v) is 13.9. The summed E-state index contributed by atoms with van der Waals surface area (Å²) in [4.78, 5) is 0. The van der Waals surface area contributed by atoms with E-state index in [4.69, 9.17) is 0 Å². The summed E-state index contributed by atoms with van der Waals surface area (Å²) < 4.78 is 157. The molecule has 0 atom stereocenters. The lowest BCUT2D eigenvalue weighted by Gasteiger charge is -2.33. The predicted octanol–water partition coefficient (Wildman–Crippen LogP) is 3.51. The normalized spacial score (nSPS) is 15.5. The lowest BCUT2D eigenvalue weighted by molar-refractivity contribution is -0.382. The van der Waals surface area contributed by atoms with Gasteiger partial charge in [0.05, 0.1) is 13.2 Å². The molecule has 0 rings (SSSR count). The van der Waals surface area contributed by atoms with Gasteiger partial charge in [-0.2, -0.15) is 39.5 Å². The molecule has 0 aliphatic carbocycles. The van der Waals surface area contributed by atoms with Crippen molar-refractivity contribution >= 4 is 17.8 Å². The topological polar surface area (TPSA) is 81.7 Å². The van der Waals surface area contributed by atoms with Crippen LogP contribution in [0.15, 0.2) is 0 Å². The smallest absolute Gasteiger partial charge is 0.296 e. The molecule has 152 valence electrons. The molecule has 0 aromatic heterocycles. The Hall–Kier alpha value is -0.570. The van der Waals surface area contributed by atoms with E-state index in [0.29, 0.717) is 4.49 Å². The van der Waals surface area contributed by atoms with Crippen LogP contribution in [0.1, 0.15) is 13.8 Å². The van der Waals surface area contributed by atoms with Crippen LogP contribution in [0.25, 0.3) is 0 Å². The van der Waals surface area contributed by atoms with Gasteiger partial charge in [-0.1, -0.05) is 0 Å². The van der Waals surface area contributed by atoms with Crippen molar-refractivity contribution in [3.63, 3.8) is 0 Å². The van der Waals surface area contributed by atoms with Crippen LogP contribution in [0.2, 0.25) is 0 Å². The Balaban J connectivity index is 6.10. The molecule has 17 heteroatoms. The molecule has 0 aromatic rings. The lowest BCUT2D eigenvalue weighted by atomic mass is 10.1. The maximum atomic E-state index is 13.4. The SMILES string of the molecule is CCOP(=O)(NS(=O)(=O)C(F)(F)C(F)(F)C(F)(F)C(F)(F)F)OCC. The minimum atomic E-state index is -7.45. The van der Waals surface area contributed by atoms with Crippen molar-refractivity contribution in [1.29, 1.82) is 0 Å². The van der Waals surface area contributed by atoms with Crippen molar-refractivity contribution in [2.75, 3.05) is 13.2 Å². The van der Waals surface area contributed by atoms with Crippen LogP contribution in [0.3, 0.4) is 0 Å². The Bertz CT molecular complexity index is 610. The van der Waals surface area contributed by atoms with Crippen molar-refractivity contribution in [3.05, 3.63) is 0 Å². The van der Waals surface area contributed by atoms with Gasteiger partial charge in [-0.15, -0.1) is 4.49 Å². The zero-order chi connectivity index (χ0) is 20.5. The molecule has 6 nitrogen and oxygen atoms in total. The Labute approximate surface area is 135 Å². The number of nitrogens with one attached hydrogen (secondary N) is 1. The number of alkyl halides is 9.